The van der Waals surface area contributed by atoms with Crippen molar-refractivity contribution in [1.82, 2.24) is 20.2 Å². The molecular formula is C20H25N5O3. The molecule has 1 aliphatic heterocycles. The van der Waals surface area contributed by atoms with Gasteiger partial charge in [-0.25, -0.2) is 4.79 Å². The van der Waals surface area contributed by atoms with Crippen LogP contribution < -0.4 is 10.6 Å². The van der Waals surface area contributed by atoms with Crippen LogP contribution >= 0.6 is 0 Å². The summed E-state index contributed by atoms with van der Waals surface area (Å²) in [7, 11) is 0. The van der Waals surface area contributed by atoms with Crippen LogP contribution in [0, 0.1) is 0 Å². The lowest BCUT2D eigenvalue weighted by Crippen LogP contribution is -2.46. The number of carbonyl (C=O) groups is 2. The quantitative estimate of drug-likeness (QED) is 0.795. The van der Waals surface area contributed by atoms with E-state index in [4.69, 9.17) is 4.74 Å². The molecule has 2 aromatic rings. The zero-order valence-electron chi connectivity index (χ0n) is 15.9. The highest BCUT2D eigenvalue weighted by Gasteiger charge is 2.24. The van der Waals surface area contributed by atoms with Gasteiger partial charge in [0.05, 0.1) is 17.9 Å². The van der Waals surface area contributed by atoms with Crippen LogP contribution in [0.25, 0.3) is 0 Å². The third kappa shape index (κ3) is 5.42. The van der Waals surface area contributed by atoms with Crippen LogP contribution in [0.4, 0.5) is 10.5 Å². The van der Waals surface area contributed by atoms with Gasteiger partial charge in [0.15, 0.2) is 0 Å². The van der Waals surface area contributed by atoms with Crippen LogP contribution in [0.5, 0.6) is 0 Å². The summed E-state index contributed by atoms with van der Waals surface area (Å²) in [5, 5.41) is 6.28. The molecule has 0 radical (unpaired) electrons. The normalized spacial score (nSPS) is 14.4. The molecule has 1 aliphatic rings. The minimum atomic E-state index is -0.288. The summed E-state index contributed by atoms with van der Waals surface area (Å²) in [5.74, 6) is -0.160. The molecule has 2 aromatic heterocycles. The van der Waals surface area contributed by atoms with Gasteiger partial charge in [0.2, 0.25) is 0 Å². The van der Waals surface area contributed by atoms with Gasteiger partial charge in [0.1, 0.15) is 0 Å². The van der Waals surface area contributed by atoms with Crippen molar-refractivity contribution in [1.29, 1.82) is 0 Å². The fraction of sp³-hybridized carbons (Fsp3) is 0.400. The van der Waals surface area contributed by atoms with Crippen molar-refractivity contribution in [3.05, 3.63) is 54.1 Å². The van der Waals surface area contributed by atoms with E-state index in [-0.39, 0.29) is 18.0 Å². The van der Waals surface area contributed by atoms with E-state index in [1.807, 2.05) is 12.1 Å². The predicted molar refractivity (Wildman–Crippen MR) is 105 cm³/mol. The summed E-state index contributed by atoms with van der Waals surface area (Å²) in [6, 6.07) is 5.68. The fourth-order valence-electron chi connectivity index (χ4n) is 3.06. The van der Waals surface area contributed by atoms with Gasteiger partial charge >= 0.3 is 6.09 Å². The molecule has 2 N–H and O–H groups in total. The van der Waals surface area contributed by atoms with Crippen molar-refractivity contribution in [3.63, 3.8) is 0 Å². The van der Waals surface area contributed by atoms with Crippen LogP contribution in [0.2, 0.25) is 0 Å². The topological polar surface area (TPSA) is 96.5 Å². The monoisotopic (exact) mass is 383 g/mol. The van der Waals surface area contributed by atoms with Gasteiger partial charge in [-0.05, 0) is 37.5 Å². The first-order valence-electron chi connectivity index (χ1n) is 9.46. The summed E-state index contributed by atoms with van der Waals surface area (Å²) >= 11 is 0. The molecule has 3 heterocycles. The Kier molecular flexibility index (Phi) is 6.78. The number of hydrogen-bond acceptors (Lipinski definition) is 6. The first-order chi connectivity index (χ1) is 13.7. The smallest absolute Gasteiger partial charge is 0.409 e. The highest BCUT2D eigenvalue weighted by atomic mass is 16.6. The standard InChI is InChI=1S/C20H25N5O3/c1-2-28-20(27)25-8-5-17(6-9-25)24-19(26)16-10-18(14-22-13-16)23-12-15-4-3-7-21-11-15/h3-4,7,10-11,13-14,17,23H,2,5-6,8-9,12H2,1H3,(H,24,26). The van der Waals surface area contributed by atoms with Gasteiger partial charge in [-0.3, -0.25) is 14.8 Å². The number of anilines is 1. The number of rotatable bonds is 6. The number of aromatic nitrogens is 2. The van der Waals surface area contributed by atoms with Gasteiger partial charge in [-0.15, -0.1) is 0 Å². The van der Waals surface area contributed by atoms with Crippen molar-refractivity contribution >= 4 is 17.7 Å². The Morgan fingerprint density at radius 2 is 2.04 bits per heavy atom. The number of ether oxygens (including phenoxy) is 1. The van der Waals surface area contributed by atoms with Gasteiger partial charge in [-0.1, -0.05) is 6.07 Å². The molecule has 1 saturated heterocycles. The molecule has 1 fully saturated rings. The lowest BCUT2D eigenvalue weighted by atomic mass is 10.0. The Bertz CT molecular complexity index is 791. The highest BCUT2D eigenvalue weighted by Crippen LogP contribution is 2.14. The Labute approximate surface area is 164 Å². The Hall–Kier alpha value is -3.16. The molecule has 0 atom stereocenters. The van der Waals surface area contributed by atoms with E-state index in [0.29, 0.717) is 44.6 Å². The maximum atomic E-state index is 12.6. The molecule has 8 heteroatoms. The summed E-state index contributed by atoms with van der Waals surface area (Å²) in [6.45, 7) is 3.92. The number of amides is 2. The Balaban J connectivity index is 1.50. The molecule has 0 spiro atoms. The molecule has 0 aliphatic carbocycles. The third-order valence-corrected chi connectivity index (χ3v) is 4.58. The van der Waals surface area contributed by atoms with Crippen LogP contribution in [0.3, 0.4) is 0 Å². The van der Waals surface area contributed by atoms with Crippen molar-refractivity contribution in [2.45, 2.75) is 32.4 Å². The maximum absolute atomic E-state index is 12.6. The molecular weight excluding hydrogens is 358 g/mol. The van der Waals surface area contributed by atoms with E-state index in [1.165, 1.54) is 0 Å². The van der Waals surface area contributed by atoms with Crippen molar-refractivity contribution in [3.8, 4) is 0 Å². The number of likely N-dealkylation sites (tertiary alicyclic amines) is 1. The zero-order chi connectivity index (χ0) is 19.8. The zero-order valence-corrected chi connectivity index (χ0v) is 15.9. The second-order valence-corrected chi connectivity index (χ2v) is 6.61. The Morgan fingerprint density at radius 1 is 1.21 bits per heavy atom. The average Bonchev–Trinajstić information content (AvgIpc) is 2.74. The van der Waals surface area contributed by atoms with Gasteiger partial charge in [0, 0.05) is 50.5 Å². The number of nitrogens with zero attached hydrogens (tertiary/aromatic N) is 3. The number of pyridine rings is 2. The van der Waals surface area contributed by atoms with Gasteiger partial charge in [-0.2, -0.15) is 0 Å². The number of hydrogen-bond donors (Lipinski definition) is 2. The number of nitrogens with one attached hydrogen (secondary N) is 2. The first-order valence-corrected chi connectivity index (χ1v) is 9.46. The fourth-order valence-corrected chi connectivity index (χ4v) is 3.06. The first kappa shape index (κ1) is 19.6. The van der Waals surface area contributed by atoms with Crippen LogP contribution in [-0.2, 0) is 11.3 Å². The minimum absolute atomic E-state index is 0.0326. The molecule has 0 aromatic carbocycles. The van der Waals surface area contributed by atoms with E-state index in [9.17, 15) is 9.59 Å². The molecule has 148 valence electrons. The van der Waals surface area contributed by atoms with Crippen molar-refractivity contribution in [2.75, 3.05) is 25.0 Å². The summed E-state index contributed by atoms with van der Waals surface area (Å²) < 4.78 is 5.02. The van der Waals surface area contributed by atoms with Crippen LogP contribution in [0.15, 0.2) is 43.0 Å². The van der Waals surface area contributed by atoms with Crippen LogP contribution in [0.1, 0.15) is 35.7 Å². The largest absolute Gasteiger partial charge is 0.450 e. The summed E-state index contributed by atoms with van der Waals surface area (Å²) in [6.07, 6.45) is 7.88. The SMILES string of the molecule is CCOC(=O)N1CCC(NC(=O)c2cncc(NCc3cccnc3)c2)CC1. The molecule has 8 nitrogen and oxygen atoms in total. The Morgan fingerprint density at radius 3 is 2.75 bits per heavy atom. The van der Waals surface area contributed by atoms with E-state index in [1.54, 1.807) is 42.7 Å². The van der Waals surface area contributed by atoms with E-state index >= 15 is 0 Å². The molecule has 0 unspecified atom stereocenters. The van der Waals surface area contributed by atoms with Gasteiger partial charge in [0.25, 0.3) is 5.91 Å². The van der Waals surface area contributed by atoms with Gasteiger partial charge < -0.3 is 20.3 Å². The predicted octanol–water partition coefficient (Wildman–Crippen LogP) is 2.44. The molecule has 2 amide bonds. The number of carbonyl (C=O) groups excluding carboxylic acids is 2. The summed E-state index contributed by atoms with van der Waals surface area (Å²) in [5.41, 5.74) is 2.32. The van der Waals surface area contributed by atoms with Crippen LogP contribution in [-0.4, -0.2) is 52.6 Å². The van der Waals surface area contributed by atoms with Crippen molar-refractivity contribution < 1.29 is 14.3 Å². The molecule has 0 saturated carbocycles. The average molecular weight is 383 g/mol. The molecule has 3 rings (SSSR count). The molecule has 28 heavy (non-hydrogen) atoms. The third-order valence-electron chi connectivity index (χ3n) is 4.58. The maximum Gasteiger partial charge on any atom is 0.409 e. The second kappa shape index (κ2) is 9.68. The highest BCUT2D eigenvalue weighted by molar-refractivity contribution is 5.94. The van der Waals surface area contributed by atoms with E-state index < -0.39 is 0 Å². The lowest BCUT2D eigenvalue weighted by Gasteiger charge is -2.31. The van der Waals surface area contributed by atoms with E-state index in [2.05, 4.69) is 20.6 Å². The second-order valence-electron chi connectivity index (χ2n) is 6.61. The van der Waals surface area contributed by atoms with Crippen molar-refractivity contribution in [2.24, 2.45) is 0 Å². The lowest BCUT2D eigenvalue weighted by molar-refractivity contribution is 0.0860. The molecule has 0 bridgehead atoms. The number of piperidine rings is 1. The summed E-state index contributed by atoms with van der Waals surface area (Å²) in [4.78, 5) is 34.2. The van der Waals surface area contributed by atoms with E-state index in [0.717, 1.165) is 11.3 Å². The minimum Gasteiger partial charge on any atom is -0.450 e.